The molecule has 4 atom stereocenters. The van der Waals surface area contributed by atoms with Crippen LogP contribution in [0.3, 0.4) is 0 Å². The second-order valence-electron chi connectivity index (χ2n) is 6.93. The molecule has 1 aromatic rings. The minimum atomic E-state index is -0.887. The largest absolute Gasteiger partial charge is 0.481 e. The standard InChI is InChI=1S/C18H20N2O5/c21-16(13-2-1-9-25-13)19-5-7-20(8-6-19)17(22)14-11-3-4-12(10-11)15(14)18(23)24/h1-4,9,11-12,14-15H,5-8,10H2,(H,23,24)/t11-,12+,14+,15+/m0/s1. The molecule has 1 aromatic heterocycles. The highest BCUT2D eigenvalue weighted by atomic mass is 16.4. The summed E-state index contributed by atoms with van der Waals surface area (Å²) in [5.41, 5.74) is 0. The fraction of sp³-hybridized carbons (Fsp3) is 0.500. The summed E-state index contributed by atoms with van der Waals surface area (Å²) in [6.45, 7) is 1.71. The van der Waals surface area contributed by atoms with Gasteiger partial charge in [0.05, 0.1) is 18.1 Å². The zero-order chi connectivity index (χ0) is 17.6. The van der Waals surface area contributed by atoms with Crippen molar-refractivity contribution < 1.29 is 23.9 Å². The van der Waals surface area contributed by atoms with E-state index in [1.807, 2.05) is 12.2 Å². The molecule has 0 spiro atoms. The highest BCUT2D eigenvalue weighted by molar-refractivity contribution is 5.92. The van der Waals surface area contributed by atoms with Crippen molar-refractivity contribution in [2.45, 2.75) is 6.42 Å². The van der Waals surface area contributed by atoms with Gasteiger partial charge in [0.2, 0.25) is 5.91 Å². The SMILES string of the molecule is O=C(O)[C@H]1[C@H](C(=O)N2CCN(C(=O)c3ccco3)CC2)[C@H]2C=C[C@@H]1C2. The van der Waals surface area contributed by atoms with E-state index in [1.165, 1.54) is 6.26 Å². The smallest absolute Gasteiger partial charge is 0.307 e. The molecule has 0 radical (unpaired) electrons. The van der Waals surface area contributed by atoms with E-state index in [0.717, 1.165) is 6.42 Å². The predicted molar refractivity (Wildman–Crippen MR) is 86.5 cm³/mol. The highest BCUT2D eigenvalue weighted by Crippen LogP contribution is 2.48. The van der Waals surface area contributed by atoms with Crippen LogP contribution in [0, 0.1) is 23.7 Å². The van der Waals surface area contributed by atoms with Gasteiger partial charge in [-0.05, 0) is 30.4 Å². The number of carboxylic acid groups (broad SMARTS) is 1. The lowest BCUT2D eigenvalue weighted by Gasteiger charge is -2.37. The summed E-state index contributed by atoms with van der Waals surface area (Å²) in [6, 6.07) is 3.29. The fourth-order valence-corrected chi connectivity index (χ4v) is 4.39. The molecule has 132 valence electrons. The summed E-state index contributed by atoms with van der Waals surface area (Å²) >= 11 is 0. The lowest BCUT2D eigenvalue weighted by Crippen LogP contribution is -2.53. The lowest BCUT2D eigenvalue weighted by atomic mass is 9.82. The summed E-state index contributed by atoms with van der Waals surface area (Å²) in [5.74, 6) is -1.95. The molecule has 3 aliphatic rings. The first-order valence-corrected chi connectivity index (χ1v) is 8.59. The molecule has 4 rings (SSSR count). The molecular formula is C18H20N2O5. The number of aliphatic carboxylic acids is 1. The van der Waals surface area contributed by atoms with Crippen LogP contribution in [-0.4, -0.2) is 58.9 Å². The summed E-state index contributed by atoms with van der Waals surface area (Å²) in [6.07, 6.45) is 6.14. The number of carbonyl (C=O) groups is 3. The van der Waals surface area contributed by atoms with E-state index >= 15 is 0 Å². The van der Waals surface area contributed by atoms with E-state index in [0.29, 0.717) is 31.9 Å². The molecule has 1 saturated carbocycles. The minimum Gasteiger partial charge on any atom is -0.481 e. The Morgan fingerprint density at radius 1 is 1.00 bits per heavy atom. The number of carbonyl (C=O) groups excluding carboxylic acids is 2. The van der Waals surface area contributed by atoms with E-state index in [1.54, 1.807) is 21.9 Å². The predicted octanol–water partition coefficient (Wildman–Crippen LogP) is 1.09. The van der Waals surface area contributed by atoms with Gasteiger partial charge in [-0.2, -0.15) is 0 Å². The molecule has 1 saturated heterocycles. The zero-order valence-electron chi connectivity index (χ0n) is 13.7. The van der Waals surface area contributed by atoms with Crippen LogP contribution in [0.2, 0.25) is 0 Å². The Hall–Kier alpha value is -2.57. The number of fused-ring (bicyclic) bond motifs is 2. The van der Waals surface area contributed by atoms with Crippen molar-refractivity contribution in [3.05, 3.63) is 36.3 Å². The number of hydrogen-bond acceptors (Lipinski definition) is 4. The highest BCUT2D eigenvalue weighted by Gasteiger charge is 2.52. The Kier molecular flexibility index (Phi) is 3.86. The second-order valence-corrected chi connectivity index (χ2v) is 6.93. The number of carboxylic acids is 1. The minimum absolute atomic E-state index is 0.0291. The van der Waals surface area contributed by atoms with Crippen molar-refractivity contribution in [1.29, 1.82) is 0 Å². The first kappa shape index (κ1) is 15.9. The Morgan fingerprint density at radius 2 is 1.64 bits per heavy atom. The molecule has 0 aromatic carbocycles. The van der Waals surface area contributed by atoms with Crippen LogP contribution in [0.25, 0.3) is 0 Å². The van der Waals surface area contributed by atoms with Crippen LogP contribution < -0.4 is 0 Å². The third-order valence-corrected chi connectivity index (χ3v) is 5.64. The van der Waals surface area contributed by atoms with E-state index in [2.05, 4.69) is 0 Å². The van der Waals surface area contributed by atoms with Crippen LogP contribution in [0.1, 0.15) is 17.0 Å². The van der Waals surface area contributed by atoms with Gasteiger partial charge in [0, 0.05) is 26.2 Å². The van der Waals surface area contributed by atoms with Crippen molar-refractivity contribution in [1.82, 2.24) is 9.80 Å². The molecule has 25 heavy (non-hydrogen) atoms. The molecule has 2 heterocycles. The molecule has 1 N–H and O–H groups in total. The molecule has 2 aliphatic carbocycles. The monoisotopic (exact) mass is 344 g/mol. The molecule has 7 nitrogen and oxygen atoms in total. The first-order chi connectivity index (χ1) is 12.1. The van der Waals surface area contributed by atoms with E-state index in [9.17, 15) is 19.5 Å². The van der Waals surface area contributed by atoms with Gasteiger partial charge in [-0.15, -0.1) is 0 Å². The van der Waals surface area contributed by atoms with Gasteiger partial charge in [0.25, 0.3) is 5.91 Å². The van der Waals surface area contributed by atoms with Crippen LogP contribution in [0.5, 0.6) is 0 Å². The van der Waals surface area contributed by atoms with Gasteiger partial charge in [0.1, 0.15) is 0 Å². The van der Waals surface area contributed by atoms with Gasteiger partial charge in [-0.1, -0.05) is 12.2 Å². The van der Waals surface area contributed by atoms with Crippen molar-refractivity contribution >= 4 is 17.8 Å². The van der Waals surface area contributed by atoms with Crippen LogP contribution in [0.4, 0.5) is 0 Å². The van der Waals surface area contributed by atoms with Crippen molar-refractivity contribution in [2.75, 3.05) is 26.2 Å². The number of allylic oxidation sites excluding steroid dienone is 2. The van der Waals surface area contributed by atoms with Gasteiger partial charge < -0.3 is 19.3 Å². The maximum absolute atomic E-state index is 12.9. The Balaban J connectivity index is 1.41. The van der Waals surface area contributed by atoms with Crippen LogP contribution >= 0.6 is 0 Å². The number of rotatable bonds is 3. The number of amides is 2. The average molecular weight is 344 g/mol. The Labute approximate surface area is 144 Å². The van der Waals surface area contributed by atoms with Gasteiger partial charge >= 0.3 is 5.97 Å². The third kappa shape index (κ3) is 2.63. The van der Waals surface area contributed by atoms with Crippen LogP contribution in [-0.2, 0) is 9.59 Å². The van der Waals surface area contributed by atoms with E-state index in [4.69, 9.17) is 4.42 Å². The van der Waals surface area contributed by atoms with Crippen LogP contribution in [0.15, 0.2) is 35.0 Å². The summed E-state index contributed by atoms with van der Waals surface area (Å²) in [5, 5.41) is 9.51. The topological polar surface area (TPSA) is 91.1 Å². The third-order valence-electron chi connectivity index (χ3n) is 5.64. The second kappa shape index (κ2) is 6.06. The Bertz CT molecular complexity index is 718. The van der Waals surface area contributed by atoms with Crippen molar-refractivity contribution in [3.8, 4) is 0 Å². The molecule has 7 heteroatoms. The number of furan rings is 1. The number of nitrogens with zero attached hydrogens (tertiary/aromatic N) is 2. The lowest BCUT2D eigenvalue weighted by molar-refractivity contribution is -0.151. The van der Waals surface area contributed by atoms with Crippen molar-refractivity contribution in [3.63, 3.8) is 0 Å². The van der Waals surface area contributed by atoms with E-state index in [-0.39, 0.29) is 23.7 Å². The number of piperazine rings is 1. The quantitative estimate of drug-likeness (QED) is 0.829. The molecule has 2 amide bonds. The maximum atomic E-state index is 12.9. The average Bonchev–Trinajstić information content (AvgIpc) is 3.36. The summed E-state index contributed by atoms with van der Waals surface area (Å²) in [4.78, 5) is 40.2. The molecule has 1 aliphatic heterocycles. The van der Waals surface area contributed by atoms with E-state index < -0.39 is 17.8 Å². The Morgan fingerprint density at radius 3 is 2.24 bits per heavy atom. The van der Waals surface area contributed by atoms with Crippen molar-refractivity contribution in [2.24, 2.45) is 23.7 Å². The number of hydrogen-bond donors (Lipinski definition) is 1. The molecule has 2 bridgehead atoms. The van der Waals surface area contributed by atoms with Gasteiger partial charge in [0.15, 0.2) is 5.76 Å². The normalized spacial score (nSPS) is 30.7. The molecule has 0 unspecified atom stereocenters. The van der Waals surface area contributed by atoms with Gasteiger partial charge in [-0.25, -0.2) is 0 Å². The zero-order valence-corrected chi connectivity index (χ0v) is 13.7. The maximum Gasteiger partial charge on any atom is 0.307 e. The summed E-state index contributed by atoms with van der Waals surface area (Å²) < 4.78 is 5.13. The molecule has 2 fully saturated rings. The fourth-order valence-electron chi connectivity index (χ4n) is 4.39. The summed E-state index contributed by atoms with van der Waals surface area (Å²) in [7, 11) is 0. The first-order valence-electron chi connectivity index (χ1n) is 8.59. The molecular weight excluding hydrogens is 324 g/mol. The van der Waals surface area contributed by atoms with Gasteiger partial charge in [-0.3, -0.25) is 14.4 Å².